The number of benzene rings is 2. The van der Waals surface area contributed by atoms with Crippen LogP contribution in [0.5, 0.6) is 5.75 Å². The minimum Gasteiger partial charge on any atom is -0.489 e. The molecule has 0 unspecified atom stereocenters. The number of hydrogen-bond acceptors (Lipinski definition) is 5. The third-order valence-corrected chi connectivity index (χ3v) is 9.54. The van der Waals surface area contributed by atoms with Gasteiger partial charge in [-0.3, -0.25) is 9.69 Å². The highest BCUT2D eigenvalue weighted by atomic mass is 79.9. The molecular weight excluding hydrogens is 590 g/mol. The van der Waals surface area contributed by atoms with E-state index in [4.69, 9.17) is 4.74 Å². The lowest BCUT2D eigenvalue weighted by Crippen LogP contribution is -2.44. The number of fused-ring (bicyclic) bond motifs is 1. The van der Waals surface area contributed by atoms with Gasteiger partial charge in [-0.15, -0.1) is 11.3 Å². The highest BCUT2D eigenvalue weighted by Gasteiger charge is 2.22. The quantitative estimate of drug-likeness (QED) is 0.346. The smallest absolute Gasteiger partial charge is 0.225 e. The van der Waals surface area contributed by atoms with Crippen molar-refractivity contribution in [2.45, 2.75) is 50.8 Å². The zero-order valence-electron chi connectivity index (χ0n) is 19.7. The van der Waals surface area contributed by atoms with Gasteiger partial charge in [0.2, 0.25) is 5.91 Å². The zero-order chi connectivity index (χ0) is 24.2. The average molecular weight is 621 g/mol. The highest BCUT2D eigenvalue weighted by Crippen LogP contribution is 2.32. The number of halogens is 2. The van der Waals surface area contributed by atoms with E-state index in [1.54, 1.807) is 11.3 Å². The summed E-state index contributed by atoms with van der Waals surface area (Å²) in [5, 5.41) is 7.84. The second-order valence-electron chi connectivity index (χ2n) is 9.50. The Balaban J connectivity index is 1.07. The van der Waals surface area contributed by atoms with Gasteiger partial charge in [0.05, 0.1) is 10.9 Å². The fourth-order valence-corrected chi connectivity index (χ4v) is 7.14. The maximum atomic E-state index is 12.7. The Morgan fingerprint density at radius 2 is 1.86 bits per heavy atom. The van der Waals surface area contributed by atoms with Gasteiger partial charge in [-0.05, 0) is 106 Å². The van der Waals surface area contributed by atoms with E-state index in [0.717, 1.165) is 78.0 Å². The normalized spacial score (nSPS) is 18.1. The summed E-state index contributed by atoms with van der Waals surface area (Å²) in [7, 11) is 0. The zero-order valence-corrected chi connectivity index (χ0v) is 23.7. The van der Waals surface area contributed by atoms with Crippen molar-refractivity contribution in [3.63, 3.8) is 0 Å². The van der Waals surface area contributed by atoms with Gasteiger partial charge in [0.15, 0.2) is 0 Å². The first-order chi connectivity index (χ1) is 17.0. The number of hydrogen-bond donors (Lipinski definition) is 2. The topological polar surface area (TPSA) is 53.6 Å². The standard InChI is InChI=1S/C27H31Br2N3O2S/c28-23-3-1-2-19-15-22(35-27(19)23)16-26(33)31-20-8-12-32(13-9-20)17-18-4-5-25(24(29)14-18)34-21-6-10-30-11-7-21/h1-5,14-15,20-21,30H,6-13,16-17H2,(H,31,33). The number of carbonyl (C=O) groups is 1. The van der Waals surface area contributed by atoms with Gasteiger partial charge < -0.3 is 15.4 Å². The Bertz CT molecular complexity index is 1170. The van der Waals surface area contributed by atoms with E-state index in [1.807, 2.05) is 12.1 Å². The Hall–Kier alpha value is -1.45. The molecule has 0 aliphatic carbocycles. The minimum absolute atomic E-state index is 0.124. The molecule has 1 aromatic heterocycles. The van der Waals surface area contributed by atoms with E-state index < -0.39 is 0 Å². The van der Waals surface area contributed by atoms with E-state index in [2.05, 4.69) is 77.7 Å². The van der Waals surface area contributed by atoms with Crippen molar-refractivity contribution in [2.24, 2.45) is 0 Å². The van der Waals surface area contributed by atoms with Crippen LogP contribution in [-0.2, 0) is 17.8 Å². The first-order valence-electron chi connectivity index (χ1n) is 12.4. The van der Waals surface area contributed by atoms with Gasteiger partial charge in [0.25, 0.3) is 0 Å². The van der Waals surface area contributed by atoms with E-state index in [0.29, 0.717) is 12.5 Å². The molecule has 2 saturated heterocycles. The molecule has 1 amide bonds. The van der Waals surface area contributed by atoms with Crippen molar-refractivity contribution >= 4 is 59.2 Å². The molecule has 0 radical (unpaired) electrons. The van der Waals surface area contributed by atoms with Gasteiger partial charge in [-0.25, -0.2) is 0 Å². The lowest BCUT2D eigenvalue weighted by atomic mass is 10.0. The van der Waals surface area contributed by atoms with Crippen LogP contribution in [0.4, 0.5) is 0 Å². The summed E-state index contributed by atoms with van der Waals surface area (Å²) in [6.07, 6.45) is 4.84. The number of nitrogens with zero attached hydrogens (tertiary/aromatic N) is 1. The summed E-state index contributed by atoms with van der Waals surface area (Å²) in [4.78, 5) is 16.3. The first kappa shape index (κ1) is 25.2. The molecule has 2 fully saturated rings. The molecule has 186 valence electrons. The van der Waals surface area contributed by atoms with Crippen LogP contribution in [0.15, 0.2) is 51.4 Å². The summed E-state index contributed by atoms with van der Waals surface area (Å²) in [5.41, 5.74) is 1.29. The van der Waals surface area contributed by atoms with Gasteiger partial charge in [-0.1, -0.05) is 18.2 Å². The van der Waals surface area contributed by atoms with Gasteiger partial charge in [-0.2, -0.15) is 0 Å². The molecule has 2 N–H and O–H groups in total. The molecule has 0 bridgehead atoms. The summed E-state index contributed by atoms with van der Waals surface area (Å²) in [5.74, 6) is 1.06. The van der Waals surface area contributed by atoms with Crippen LogP contribution in [-0.4, -0.2) is 49.1 Å². The highest BCUT2D eigenvalue weighted by molar-refractivity contribution is 9.11. The number of carbonyl (C=O) groups excluding carboxylic acids is 1. The SMILES string of the molecule is O=C(Cc1cc2cccc(Br)c2s1)NC1CCN(Cc2ccc(OC3CCNCC3)c(Br)c2)CC1. The summed E-state index contributed by atoms with van der Waals surface area (Å²) in [6.45, 7) is 4.96. The maximum absolute atomic E-state index is 12.7. The van der Waals surface area contributed by atoms with Crippen LogP contribution < -0.4 is 15.4 Å². The van der Waals surface area contributed by atoms with E-state index in [1.165, 1.54) is 15.6 Å². The van der Waals surface area contributed by atoms with Gasteiger partial charge >= 0.3 is 0 Å². The summed E-state index contributed by atoms with van der Waals surface area (Å²) < 4.78 is 9.54. The Kier molecular flexibility index (Phi) is 8.45. The molecule has 35 heavy (non-hydrogen) atoms. The Morgan fingerprint density at radius 1 is 1.06 bits per heavy atom. The van der Waals surface area contributed by atoms with Crippen molar-refractivity contribution in [3.05, 3.63) is 61.9 Å². The molecule has 0 saturated carbocycles. The van der Waals surface area contributed by atoms with Crippen LogP contribution in [0.2, 0.25) is 0 Å². The average Bonchev–Trinajstić information content (AvgIpc) is 3.26. The summed E-state index contributed by atoms with van der Waals surface area (Å²) >= 11 is 9.01. The van der Waals surface area contributed by atoms with Crippen molar-refractivity contribution in [1.29, 1.82) is 0 Å². The second kappa shape index (κ2) is 11.7. The number of amides is 1. The van der Waals surface area contributed by atoms with Crippen LogP contribution >= 0.6 is 43.2 Å². The fraction of sp³-hybridized carbons (Fsp3) is 0.444. The maximum Gasteiger partial charge on any atom is 0.225 e. The predicted octanol–water partition coefficient (Wildman–Crippen LogP) is 5.88. The van der Waals surface area contributed by atoms with E-state index >= 15 is 0 Å². The Labute approximate surface area is 227 Å². The molecule has 3 heterocycles. The molecule has 2 aliphatic heterocycles. The monoisotopic (exact) mass is 619 g/mol. The number of piperidine rings is 2. The number of nitrogens with one attached hydrogen (secondary N) is 2. The van der Waals surface area contributed by atoms with Crippen molar-refractivity contribution in [1.82, 2.24) is 15.5 Å². The molecule has 3 aromatic rings. The van der Waals surface area contributed by atoms with Crippen LogP contribution in [0, 0.1) is 0 Å². The Morgan fingerprint density at radius 3 is 2.60 bits per heavy atom. The van der Waals surface area contributed by atoms with Crippen LogP contribution in [0.3, 0.4) is 0 Å². The second-order valence-corrected chi connectivity index (χ2v) is 12.3. The van der Waals surface area contributed by atoms with E-state index in [9.17, 15) is 4.79 Å². The molecule has 2 aliphatic rings. The van der Waals surface area contributed by atoms with Crippen molar-refractivity contribution in [3.8, 4) is 5.75 Å². The fourth-order valence-electron chi connectivity index (χ4n) is 4.93. The largest absolute Gasteiger partial charge is 0.489 e. The molecule has 5 nitrogen and oxygen atoms in total. The first-order valence-corrected chi connectivity index (χ1v) is 14.8. The molecule has 8 heteroatoms. The van der Waals surface area contributed by atoms with Crippen LogP contribution in [0.1, 0.15) is 36.1 Å². The number of ether oxygens (including phenoxy) is 1. The molecule has 5 rings (SSSR count). The van der Waals surface area contributed by atoms with Gasteiger partial charge in [0, 0.05) is 39.7 Å². The van der Waals surface area contributed by atoms with Crippen molar-refractivity contribution in [2.75, 3.05) is 26.2 Å². The lowest BCUT2D eigenvalue weighted by molar-refractivity contribution is -0.121. The third-order valence-electron chi connectivity index (χ3n) is 6.82. The molecular formula is C27H31Br2N3O2S. The minimum atomic E-state index is 0.124. The summed E-state index contributed by atoms with van der Waals surface area (Å²) in [6, 6.07) is 15.0. The van der Waals surface area contributed by atoms with E-state index in [-0.39, 0.29) is 11.9 Å². The molecule has 0 atom stereocenters. The molecule has 0 spiro atoms. The third kappa shape index (κ3) is 6.66. The van der Waals surface area contributed by atoms with Gasteiger partial charge in [0.1, 0.15) is 11.9 Å². The van der Waals surface area contributed by atoms with Crippen LogP contribution in [0.25, 0.3) is 10.1 Å². The number of likely N-dealkylation sites (tertiary alicyclic amines) is 1. The van der Waals surface area contributed by atoms with Crippen molar-refractivity contribution < 1.29 is 9.53 Å². The number of rotatable bonds is 7. The predicted molar refractivity (Wildman–Crippen MR) is 150 cm³/mol. The molecule has 2 aromatic carbocycles. The number of thiophene rings is 1. The lowest BCUT2D eigenvalue weighted by Gasteiger charge is -2.32.